The minimum absolute atomic E-state index is 0.135. The highest BCUT2D eigenvalue weighted by Gasteiger charge is 2.20. The Balaban J connectivity index is 1.85. The number of carbonyl (C=O) groups excluding carboxylic acids is 2. The highest BCUT2D eigenvalue weighted by Crippen LogP contribution is 2.29. The van der Waals surface area contributed by atoms with Crippen LogP contribution < -0.4 is 10.1 Å². The Kier molecular flexibility index (Phi) is 7.62. The Labute approximate surface area is 164 Å². The standard InChI is InChI=1S/C17H18N2O6S2/c1-11(25-16(20)10-26-9-13-4-3-7-27-13)17(21)18-14-6-5-12(19(22)23)8-15(14)24-2/h3-8,11H,9-10H2,1-2H3,(H,18,21)/t11-/m1/s1. The summed E-state index contributed by atoms with van der Waals surface area (Å²) in [5.74, 6) is -0.0693. The van der Waals surface area contributed by atoms with Crippen molar-refractivity contribution in [2.45, 2.75) is 18.8 Å². The van der Waals surface area contributed by atoms with Gasteiger partial charge in [-0.15, -0.1) is 23.1 Å². The van der Waals surface area contributed by atoms with Crippen molar-refractivity contribution < 1.29 is 24.0 Å². The molecule has 2 rings (SSSR count). The number of nitrogens with one attached hydrogen (secondary N) is 1. The number of rotatable bonds is 9. The third kappa shape index (κ3) is 6.26. The van der Waals surface area contributed by atoms with E-state index in [1.165, 1.54) is 44.0 Å². The van der Waals surface area contributed by atoms with Crippen molar-refractivity contribution in [1.29, 1.82) is 0 Å². The van der Waals surface area contributed by atoms with Crippen molar-refractivity contribution in [2.24, 2.45) is 0 Å². The minimum Gasteiger partial charge on any atom is -0.494 e. The summed E-state index contributed by atoms with van der Waals surface area (Å²) in [6.45, 7) is 1.45. The van der Waals surface area contributed by atoms with Crippen LogP contribution in [0.4, 0.5) is 11.4 Å². The van der Waals surface area contributed by atoms with Gasteiger partial charge in [0.15, 0.2) is 6.10 Å². The molecule has 0 saturated carbocycles. The first-order chi connectivity index (χ1) is 12.9. The van der Waals surface area contributed by atoms with Crippen molar-refractivity contribution in [1.82, 2.24) is 0 Å². The number of thioether (sulfide) groups is 1. The molecule has 0 aliphatic carbocycles. The van der Waals surface area contributed by atoms with Crippen molar-refractivity contribution in [3.63, 3.8) is 0 Å². The zero-order valence-corrected chi connectivity index (χ0v) is 16.3. The molecule has 0 saturated heterocycles. The summed E-state index contributed by atoms with van der Waals surface area (Å²) in [6, 6.07) is 7.73. The zero-order chi connectivity index (χ0) is 19.8. The van der Waals surface area contributed by atoms with Gasteiger partial charge in [0.1, 0.15) is 5.75 Å². The summed E-state index contributed by atoms with van der Waals surface area (Å²) >= 11 is 3.02. The first-order valence-corrected chi connectivity index (χ1v) is 9.87. The summed E-state index contributed by atoms with van der Waals surface area (Å²) in [6.07, 6.45) is -1.01. The van der Waals surface area contributed by atoms with Gasteiger partial charge in [0, 0.05) is 16.7 Å². The first-order valence-electron chi connectivity index (χ1n) is 7.83. The third-order valence-corrected chi connectivity index (χ3v) is 5.39. The number of benzene rings is 1. The molecule has 1 aromatic carbocycles. The first kappa shape index (κ1) is 20.7. The number of ether oxygens (including phenoxy) is 2. The molecule has 0 unspecified atom stereocenters. The van der Waals surface area contributed by atoms with Crippen LogP contribution in [0.15, 0.2) is 35.7 Å². The molecule has 1 aromatic heterocycles. The molecule has 0 radical (unpaired) electrons. The molecule has 1 amide bonds. The van der Waals surface area contributed by atoms with Crippen LogP contribution in [0.2, 0.25) is 0 Å². The van der Waals surface area contributed by atoms with Gasteiger partial charge in [0.2, 0.25) is 0 Å². The summed E-state index contributed by atoms with van der Waals surface area (Å²) in [5.41, 5.74) is 0.0927. The van der Waals surface area contributed by atoms with E-state index in [-0.39, 0.29) is 22.9 Å². The molecule has 0 spiro atoms. The molecule has 0 fully saturated rings. The van der Waals surface area contributed by atoms with E-state index >= 15 is 0 Å². The van der Waals surface area contributed by atoms with E-state index in [1.54, 1.807) is 11.3 Å². The predicted octanol–water partition coefficient (Wildman–Crippen LogP) is 3.47. The van der Waals surface area contributed by atoms with Gasteiger partial charge in [-0.2, -0.15) is 0 Å². The molecule has 0 bridgehead atoms. The molecule has 1 heterocycles. The van der Waals surface area contributed by atoms with E-state index in [0.717, 1.165) is 4.88 Å². The quantitative estimate of drug-likeness (QED) is 0.383. The molecule has 0 aliphatic heterocycles. The van der Waals surface area contributed by atoms with E-state index in [1.807, 2.05) is 17.5 Å². The van der Waals surface area contributed by atoms with E-state index in [4.69, 9.17) is 9.47 Å². The number of amides is 1. The molecule has 144 valence electrons. The lowest BCUT2D eigenvalue weighted by atomic mass is 10.2. The van der Waals surface area contributed by atoms with Crippen LogP contribution in [0.25, 0.3) is 0 Å². The normalized spacial score (nSPS) is 11.5. The Bertz CT molecular complexity index is 810. The molecule has 0 aliphatic rings. The van der Waals surface area contributed by atoms with Crippen LogP contribution in [0, 0.1) is 10.1 Å². The average molecular weight is 410 g/mol. The Morgan fingerprint density at radius 3 is 2.78 bits per heavy atom. The smallest absolute Gasteiger partial charge is 0.316 e. The maximum atomic E-state index is 12.2. The van der Waals surface area contributed by atoms with Crippen LogP contribution in [-0.4, -0.2) is 35.8 Å². The Hall–Kier alpha value is -2.59. The Morgan fingerprint density at radius 1 is 1.37 bits per heavy atom. The second kappa shape index (κ2) is 9.93. The molecule has 2 aromatic rings. The largest absolute Gasteiger partial charge is 0.494 e. The number of carbonyl (C=O) groups is 2. The number of non-ortho nitro benzene ring substituents is 1. The van der Waals surface area contributed by atoms with Gasteiger partial charge in [0.25, 0.3) is 11.6 Å². The van der Waals surface area contributed by atoms with Gasteiger partial charge >= 0.3 is 5.97 Å². The average Bonchev–Trinajstić information content (AvgIpc) is 3.15. The number of hydrogen-bond acceptors (Lipinski definition) is 8. The van der Waals surface area contributed by atoms with Crippen LogP contribution in [0.1, 0.15) is 11.8 Å². The van der Waals surface area contributed by atoms with Crippen molar-refractivity contribution >= 4 is 46.3 Å². The number of nitrogens with zero attached hydrogens (tertiary/aromatic N) is 1. The number of nitro groups is 1. The monoisotopic (exact) mass is 410 g/mol. The lowest BCUT2D eigenvalue weighted by molar-refractivity contribution is -0.384. The van der Waals surface area contributed by atoms with Gasteiger partial charge in [-0.3, -0.25) is 19.7 Å². The maximum absolute atomic E-state index is 12.2. The van der Waals surface area contributed by atoms with Crippen LogP contribution in [0.5, 0.6) is 5.75 Å². The minimum atomic E-state index is -1.01. The topological polar surface area (TPSA) is 108 Å². The van der Waals surface area contributed by atoms with Crippen LogP contribution in [0.3, 0.4) is 0 Å². The van der Waals surface area contributed by atoms with E-state index < -0.39 is 22.9 Å². The second-order valence-electron chi connectivity index (χ2n) is 5.34. The maximum Gasteiger partial charge on any atom is 0.316 e. The molecular formula is C17H18N2O6S2. The second-order valence-corrected chi connectivity index (χ2v) is 7.35. The molecule has 8 nitrogen and oxygen atoms in total. The van der Waals surface area contributed by atoms with Crippen LogP contribution in [-0.2, 0) is 20.1 Å². The summed E-state index contributed by atoms with van der Waals surface area (Å²) < 4.78 is 10.2. The number of thiophene rings is 1. The van der Waals surface area contributed by atoms with Gasteiger partial charge in [0.05, 0.1) is 29.5 Å². The number of anilines is 1. The lowest BCUT2D eigenvalue weighted by Gasteiger charge is -2.15. The van der Waals surface area contributed by atoms with Crippen LogP contribution >= 0.6 is 23.1 Å². The number of esters is 1. The lowest BCUT2D eigenvalue weighted by Crippen LogP contribution is -2.30. The Morgan fingerprint density at radius 2 is 2.15 bits per heavy atom. The molecule has 1 atom stereocenters. The fourth-order valence-electron chi connectivity index (χ4n) is 2.05. The summed E-state index contributed by atoms with van der Waals surface area (Å²) in [5, 5.41) is 15.3. The van der Waals surface area contributed by atoms with Crippen molar-refractivity contribution in [3.05, 3.63) is 50.7 Å². The number of nitro benzene ring substituents is 1. The molecule has 1 N–H and O–H groups in total. The third-order valence-electron chi connectivity index (χ3n) is 3.38. The highest BCUT2D eigenvalue weighted by atomic mass is 32.2. The summed E-state index contributed by atoms with van der Waals surface area (Å²) in [7, 11) is 1.34. The van der Waals surface area contributed by atoms with Gasteiger partial charge in [-0.1, -0.05) is 6.07 Å². The van der Waals surface area contributed by atoms with Gasteiger partial charge in [-0.05, 0) is 24.4 Å². The van der Waals surface area contributed by atoms with Gasteiger partial charge < -0.3 is 14.8 Å². The molecular weight excluding hydrogens is 392 g/mol. The number of hydrogen-bond donors (Lipinski definition) is 1. The zero-order valence-electron chi connectivity index (χ0n) is 14.7. The predicted molar refractivity (Wildman–Crippen MR) is 104 cm³/mol. The van der Waals surface area contributed by atoms with Gasteiger partial charge in [-0.25, -0.2) is 0 Å². The SMILES string of the molecule is COc1cc([N+](=O)[O-])ccc1NC(=O)[C@@H](C)OC(=O)CSCc1cccs1. The fraction of sp³-hybridized carbons (Fsp3) is 0.294. The van der Waals surface area contributed by atoms with E-state index in [0.29, 0.717) is 5.75 Å². The van der Waals surface area contributed by atoms with Crippen molar-refractivity contribution in [3.8, 4) is 5.75 Å². The number of methoxy groups -OCH3 is 1. The molecule has 27 heavy (non-hydrogen) atoms. The van der Waals surface area contributed by atoms with E-state index in [9.17, 15) is 19.7 Å². The summed E-state index contributed by atoms with van der Waals surface area (Å²) in [4.78, 5) is 35.5. The fourth-order valence-corrected chi connectivity index (χ4v) is 3.69. The highest BCUT2D eigenvalue weighted by molar-refractivity contribution is 7.99. The van der Waals surface area contributed by atoms with Crippen molar-refractivity contribution in [2.75, 3.05) is 18.2 Å². The van der Waals surface area contributed by atoms with E-state index in [2.05, 4.69) is 5.32 Å². The molecule has 10 heteroatoms.